The number of nitrogens with one attached hydrogen (secondary N) is 1. The van der Waals surface area contributed by atoms with E-state index in [1.807, 2.05) is 20.8 Å². The average molecular weight is 761 g/mol. The molecule has 48 heavy (non-hydrogen) atoms. The van der Waals surface area contributed by atoms with E-state index in [0.717, 1.165) is 77.0 Å². The van der Waals surface area contributed by atoms with Crippen molar-refractivity contribution in [3.63, 3.8) is 0 Å². The first-order valence-electron chi connectivity index (χ1n) is 18.5. The predicted octanol–water partition coefficient (Wildman–Crippen LogP) is 12.6. The Bertz CT molecular complexity index is 1020. The van der Waals surface area contributed by atoms with Gasteiger partial charge in [0.1, 0.15) is 0 Å². The summed E-state index contributed by atoms with van der Waals surface area (Å²) in [6, 6.07) is 0. The Labute approximate surface area is 289 Å². The fourth-order valence-electron chi connectivity index (χ4n) is 6.56. The van der Waals surface area contributed by atoms with E-state index < -0.39 is 60.3 Å². The van der Waals surface area contributed by atoms with Crippen molar-refractivity contribution < 1.29 is 43.2 Å². The van der Waals surface area contributed by atoms with E-state index in [0.29, 0.717) is 51.4 Å². The van der Waals surface area contributed by atoms with E-state index in [4.69, 9.17) is 0 Å². The van der Waals surface area contributed by atoms with Crippen LogP contribution in [0, 0.1) is 5.41 Å². The molecule has 0 saturated heterocycles. The summed E-state index contributed by atoms with van der Waals surface area (Å²) in [7, 11) is -17.5. The van der Waals surface area contributed by atoms with Crippen LogP contribution in [-0.4, -0.2) is 55.9 Å². The van der Waals surface area contributed by atoms with Gasteiger partial charge in [0, 0.05) is 0 Å². The predicted molar refractivity (Wildman–Crippen MR) is 191 cm³/mol. The fraction of sp³-hybridized carbons (Fsp3) is 0.971. The zero-order chi connectivity index (χ0) is 37.0. The van der Waals surface area contributed by atoms with Gasteiger partial charge in [0.05, 0.1) is 25.7 Å². The minimum atomic E-state index is -7.04. The van der Waals surface area contributed by atoms with Gasteiger partial charge >= 0.3 is 11.0 Å². The second-order valence-electron chi connectivity index (χ2n) is 13.4. The Kier molecular flexibility index (Phi) is 23.0. The van der Waals surface area contributed by atoms with Crippen molar-refractivity contribution in [2.45, 2.75) is 190 Å². The molecule has 0 atom stereocenters. The number of hydrogen-bond donors (Lipinski definition) is 1. The Balaban J connectivity index is 7.19. The third kappa shape index (κ3) is 13.6. The van der Waals surface area contributed by atoms with E-state index in [2.05, 4.69) is 6.92 Å². The minimum absolute atomic E-state index is 0.0691. The van der Waals surface area contributed by atoms with Gasteiger partial charge in [0.25, 0.3) is 23.8 Å². The Hall–Kier alpha value is -0.420. The highest BCUT2D eigenvalue weighted by Gasteiger charge is 2.78. The molecule has 288 valence electrons. The lowest BCUT2D eigenvalue weighted by molar-refractivity contribution is -0.0482. The molecule has 0 aromatic rings. The van der Waals surface area contributed by atoms with E-state index in [1.165, 1.54) is 0 Å². The topological polar surface area (TPSA) is 92.1 Å². The molecule has 0 amide bonds. The third-order valence-electron chi connectivity index (χ3n) is 9.49. The smallest absolute Gasteiger partial charge is 0.270 e. The van der Waals surface area contributed by atoms with Crippen molar-refractivity contribution in [1.29, 1.82) is 5.41 Å². The normalized spacial score (nSPS) is 13.7. The summed E-state index contributed by atoms with van der Waals surface area (Å²) in [5.74, 6) is 0. The maximum atomic E-state index is 14.6. The first-order valence-corrected chi connectivity index (χ1v) is 23.8. The maximum absolute atomic E-state index is 14.6. The van der Waals surface area contributed by atoms with Crippen LogP contribution in [0.5, 0.6) is 0 Å². The van der Waals surface area contributed by atoms with Crippen LogP contribution in [0.25, 0.3) is 0 Å². The van der Waals surface area contributed by atoms with Crippen LogP contribution < -0.4 is 0 Å². The van der Waals surface area contributed by atoms with Gasteiger partial charge in [-0.2, -0.15) is 26.3 Å². The van der Waals surface area contributed by atoms with Gasteiger partial charge in [-0.15, -0.1) is 0 Å². The monoisotopic (exact) mass is 760 g/mol. The largest absolute Gasteiger partial charge is 0.499 e. The molecule has 14 heteroatoms. The molecule has 0 unspecified atom stereocenters. The molecule has 0 aliphatic rings. The molecule has 5 nitrogen and oxygen atoms in total. The van der Waals surface area contributed by atoms with Crippen molar-refractivity contribution in [2.24, 2.45) is 0 Å². The molecule has 0 radical (unpaired) electrons. The lowest BCUT2D eigenvalue weighted by Crippen LogP contribution is -2.61. The van der Waals surface area contributed by atoms with Crippen molar-refractivity contribution in [3.05, 3.63) is 0 Å². The van der Waals surface area contributed by atoms with Crippen LogP contribution in [0.15, 0.2) is 0 Å². The van der Waals surface area contributed by atoms with Gasteiger partial charge in [0.15, 0.2) is 5.45 Å². The number of alkyl halides is 6. The summed E-state index contributed by atoms with van der Waals surface area (Å²) in [5, 5.41) is 9.33. The van der Waals surface area contributed by atoms with E-state index in [9.17, 15) is 48.6 Å². The summed E-state index contributed by atoms with van der Waals surface area (Å²) in [6.07, 6.45) is 13.2. The number of unbranched alkanes of at least 4 members (excludes halogenated alkanes) is 18. The maximum Gasteiger partial charge on any atom is 0.499 e. The Morgan fingerprint density at radius 1 is 0.458 bits per heavy atom. The molecular weight excluding hydrogens is 695 g/mol. The summed E-state index contributed by atoms with van der Waals surface area (Å²) < 4.78 is 137. The molecule has 0 aromatic heterocycles. The van der Waals surface area contributed by atoms with Gasteiger partial charge in [-0.25, -0.2) is 16.8 Å². The lowest BCUT2D eigenvalue weighted by atomic mass is 10.1. The quantitative estimate of drug-likeness (QED) is 0.0341. The third-order valence-corrected chi connectivity index (χ3v) is 19.7. The van der Waals surface area contributed by atoms with Crippen LogP contribution in [-0.2, 0) is 19.7 Å². The van der Waals surface area contributed by atoms with Crippen LogP contribution in [0.4, 0.5) is 26.3 Å². The Morgan fingerprint density at radius 2 is 0.708 bits per heavy atom. The summed E-state index contributed by atoms with van der Waals surface area (Å²) >= 11 is 0. The Morgan fingerprint density at radius 3 is 0.979 bits per heavy atom. The molecule has 0 aromatic carbocycles. The van der Waals surface area contributed by atoms with Gasteiger partial charge < -0.3 is 0 Å². The molecule has 0 aliphatic carbocycles. The molecular formula is C34H65F6NO4PS2+. The van der Waals surface area contributed by atoms with E-state index in [-0.39, 0.29) is 24.9 Å². The van der Waals surface area contributed by atoms with Crippen LogP contribution >= 0.6 is 7.26 Å². The van der Waals surface area contributed by atoms with Crippen molar-refractivity contribution in [2.75, 3.05) is 18.5 Å². The summed E-state index contributed by atoms with van der Waals surface area (Å²) in [6.45, 7) is 7.94. The van der Waals surface area contributed by atoms with E-state index in [1.54, 1.807) is 0 Å². The molecule has 1 N–H and O–H groups in total. The zero-order valence-electron chi connectivity index (χ0n) is 30.0. The molecule has 0 heterocycles. The molecule has 0 rings (SSSR count). The second-order valence-corrected chi connectivity index (χ2v) is 22.1. The van der Waals surface area contributed by atoms with Gasteiger partial charge in [-0.05, 0) is 44.9 Å². The first-order chi connectivity index (χ1) is 22.4. The average Bonchev–Trinajstić information content (AvgIpc) is 3.00. The second kappa shape index (κ2) is 23.2. The minimum Gasteiger partial charge on any atom is -0.270 e. The number of halogens is 6. The van der Waals surface area contributed by atoms with Crippen molar-refractivity contribution in [1.82, 2.24) is 0 Å². The van der Waals surface area contributed by atoms with Crippen molar-refractivity contribution in [3.8, 4) is 0 Å². The van der Waals surface area contributed by atoms with Crippen molar-refractivity contribution >= 4 is 32.4 Å². The highest BCUT2D eigenvalue weighted by molar-refractivity contribution is 8.15. The SMILES string of the molecule is CCCCCCCCCCCCC(C(=N)[P+](CCCCCC)(CCCCCC)CCCCCC)(S(=O)(=O)C(F)(F)F)S(=O)(=O)C(F)(F)F. The zero-order valence-corrected chi connectivity index (χ0v) is 32.6. The summed E-state index contributed by atoms with van der Waals surface area (Å²) in [4.78, 5) is 0. The van der Waals surface area contributed by atoms with Gasteiger partial charge in [-0.3, -0.25) is 5.41 Å². The van der Waals surface area contributed by atoms with Crippen LogP contribution in [0.3, 0.4) is 0 Å². The molecule has 0 fully saturated rings. The van der Waals surface area contributed by atoms with Crippen LogP contribution in [0.1, 0.15) is 175 Å². The molecule has 0 bridgehead atoms. The highest BCUT2D eigenvalue weighted by Crippen LogP contribution is 2.67. The number of sulfone groups is 2. The van der Waals surface area contributed by atoms with Gasteiger partial charge in [-0.1, -0.05) is 130 Å². The number of rotatable bonds is 30. The van der Waals surface area contributed by atoms with Gasteiger partial charge in [0.2, 0.25) is 0 Å². The van der Waals surface area contributed by atoms with Crippen LogP contribution in [0.2, 0.25) is 0 Å². The first kappa shape index (κ1) is 47.6. The fourth-order valence-corrected chi connectivity index (χ4v) is 16.9. The molecule has 0 spiro atoms. The molecule has 0 saturated carbocycles. The number of hydrogen-bond acceptors (Lipinski definition) is 5. The standard InChI is InChI=1S/C34H65F6NO4PS2/c1-5-9-13-17-18-19-20-21-22-23-27-32(47(42,43)33(35,36)37,48(44,45)34(38,39)40)31(41)46(28-24-14-10-6-2,29-25-15-11-7-3)30-26-16-12-8-4/h41H,5-30H2,1-4H3/q+1. The van der Waals surface area contributed by atoms with E-state index >= 15 is 0 Å². The lowest BCUT2D eigenvalue weighted by Gasteiger charge is -2.39. The highest BCUT2D eigenvalue weighted by atomic mass is 32.3. The molecule has 0 aliphatic heterocycles. The summed E-state index contributed by atoms with van der Waals surface area (Å²) in [5.41, 5.74) is -13.9.